The summed E-state index contributed by atoms with van der Waals surface area (Å²) in [6, 6.07) is 3.92. The van der Waals surface area contributed by atoms with E-state index in [1.807, 2.05) is 9.58 Å². The van der Waals surface area contributed by atoms with Crippen molar-refractivity contribution in [3.63, 3.8) is 0 Å². The molecule has 7 nitrogen and oxygen atoms in total. The van der Waals surface area contributed by atoms with Gasteiger partial charge in [-0.25, -0.2) is 0 Å². The molecule has 4 rings (SSSR count). The largest absolute Gasteiger partial charge is 0.352 e. The van der Waals surface area contributed by atoms with Gasteiger partial charge in [-0.2, -0.15) is 5.10 Å². The zero-order valence-corrected chi connectivity index (χ0v) is 16.3. The van der Waals surface area contributed by atoms with Gasteiger partial charge in [-0.15, -0.1) is 0 Å². The fourth-order valence-corrected chi connectivity index (χ4v) is 3.92. The number of hydrogen-bond donors (Lipinski definition) is 1. The molecule has 1 saturated carbocycles. The Morgan fingerprint density at radius 3 is 2.86 bits per heavy atom. The van der Waals surface area contributed by atoms with E-state index in [4.69, 9.17) is 0 Å². The predicted octanol–water partition coefficient (Wildman–Crippen LogP) is 2.29. The van der Waals surface area contributed by atoms with Crippen molar-refractivity contribution in [1.82, 2.24) is 25.0 Å². The van der Waals surface area contributed by atoms with Crippen LogP contribution in [0, 0.1) is 5.92 Å². The second-order valence-electron chi connectivity index (χ2n) is 7.77. The van der Waals surface area contributed by atoms with Gasteiger partial charge in [-0.1, -0.05) is 6.92 Å². The summed E-state index contributed by atoms with van der Waals surface area (Å²) in [7, 11) is 0. The van der Waals surface area contributed by atoms with E-state index in [1.54, 1.807) is 30.7 Å². The van der Waals surface area contributed by atoms with Crippen molar-refractivity contribution in [2.45, 2.75) is 51.6 Å². The molecule has 2 aliphatic rings. The van der Waals surface area contributed by atoms with Gasteiger partial charge in [0.15, 0.2) is 0 Å². The Morgan fingerprint density at radius 2 is 2.14 bits per heavy atom. The lowest BCUT2D eigenvalue weighted by molar-refractivity contribution is 0.0740. The topological polar surface area (TPSA) is 80.1 Å². The lowest BCUT2D eigenvalue weighted by Gasteiger charge is -2.26. The molecule has 3 heterocycles. The second kappa shape index (κ2) is 8.12. The van der Waals surface area contributed by atoms with Crippen molar-refractivity contribution < 1.29 is 9.59 Å². The number of nitrogens with one attached hydrogen (secondary N) is 1. The first-order valence-corrected chi connectivity index (χ1v) is 10.2. The van der Waals surface area contributed by atoms with Gasteiger partial charge in [0.1, 0.15) is 0 Å². The predicted molar refractivity (Wildman–Crippen MR) is 105 cm³/mol. The lowest BCUT2D eigenvalue weighted by atomic mass is 9.94. The van der Waals surface area contributed by atoms with E-state index in [2.05, 4.69) is 22.3 Å². The van der Waals surface area contributed by atoms with E-state index in [-0.39, 0.29) is 11.8 Å². The number of pyridine rings is 1. The number of fused-ring (bicyclic) bond motifs is 1. The molecule has 1 fully saturated rings. The normalized spacial score (nSPS) is 18.4. The van der Waals surface area contributed by atoms with Gasteiger partial charge in [0, 0.05) is 38.1 Å². The average molecular weight is 381 g/mol. The fraction of sp³-hybridized carbons (Fsp3) is 0.524. The molecule has 2 amide bonds. The van der Waals surface area contributed by atoms with Crippen LogP contribution in [0.1, 0.15) is 59.0 Å². The van der Waals surface area contributed by atoms with Crippen molar-refractivity contribution in [3.8, 4) is 0 Å². The number of aryl methyl sites for hydroxylation is 1. The summed E-state index contributed by atoms with van der Waals surface area (Å²) >= 11 is 0. The molecular formula is C21H27N5O2. The minimum atomic E-state index is -0.105. The van der Waals surface area contributed by atoms with Gasteiger partial charge in [0.25, 0.3) is 11.8 Å². The summed E-state index contributed by atoms with van der Waals surface area (Å²) in [5.74, 6) is 0.314. The third-order valence-electron chi connectivity index (χ3n) is 5.60. The zero-order valence-electron chi connectivity index (χ0n) is 16.3. The average Bonchev–Trinajstić information content (AvgIpc) is 3.49. The van der Waals surface area contributed by atoms with Crippen molar-refractivity contribution in [2.24, 2.45) is 5.92 Å². The number of nitrogens with zero attached hydrogens (tertiary/aromatic N) is 4. The third kappa shape index (κ3) is 3.93. The Balaban J connectivity index is 1.41. The highest BCUT2D eigenvalue weighted by molar-refractivity contribution is 5.95. The molecule has 7 heteroatoms. The Bertz CT molecular complexity index is 844. The highest BCUT2D eigenvalue weighted by Gasteiger charge is 2.35. The number of hydrogen-bond acceptors (Lipinski definition) is 4. The molecular weight excluding hydrogens is 354 g/mol. The maximum atomic E-state index is 13.1. The van der Waals surface area contributed by atoms with Gasteiger partial charge >= 0.3 is 0 Å². The summed E-state index contributed by atoms with van der Waals surface area (Å²) in [6.45, 7) is 4.29. The van der Waals surface area contributed by atoms with E-state index >= 15 is 0 Å². The molecule has 2 aromatic heterocycles. The van der Waals surface area contributed by atoms with Crippen LogP contribution >= 0.6 is 0 Å². The van der Waals surface area contributed by atoms with Gasteiger partial charge < -0.3 is 10.2 Å². The molecule has 1 N–H and O–H groups in total. The Kier molecular flexibility index (Phi) is 5.41. The van der Waals surface area contributed by atoms with Crippen LogP contribution in [0.15, 0.2) is 30.7 Å². The molecule has 148 valence electrons. The summed E-state index contributed by atoms with van der Waals surface area (Å²) < 4.78 is 1.96. The zero-order chi connectivity index (χ0) is 19.5. The lowest BCUT2D eigenvalue weighted by Crippen LogP contribution is -2.36. The fourth-order valence-electron chi connectivity index (χ4n) is 3.92. The van der Waals surface area contributed by atoms with Gasteiger partial charge in [-0.3, -0.25) is 19.3 Å². The SMILES string of the molecule is CCCN(C(=O)c1cnn2c1CC(CNC(=O)c1cccnc1)CC2)C1CC1. The first-order valence-electron chi connectivity index (χ1n) is 10.2. The van der Waals surface area contributed by atoms with Crippen LogP contribution in [0.3, 0.4) is 0 Å². The highest BCUT2D eigenvalue weighted by atomic mass is 16.2. The van der Waals surface area contributed by atoms with Crippen molar-refractivity contribution >= 4 is 11.8 Å². The summed E-state index contributed by atoms with van der Waals surface area (Å²) in [5.41, 5.74) is 2.32. The molecule has 1 aliphatic carbocycles. The molecule has 0 radical (unpaired) electrons. The monoisotopic (exact) mass is 381 g/mol. The van der Waals surface area contributed by atoms with Gasteiger partial charge in [0.05, 0.1) is 23.0 Å². The van der Waals surface area contributed by atoms with Crippen LogP contribution in [0.25, 0.3) is 0 Å². The van der Waals surface area contributed by atoms with Gasteiger partial charge in [0.2, 0.25) is 0 Å². The smallest absolute Gasteiger partial charge is 0.257 e. The molecule has 0 saturated heterocycles. The molecule has 2 aromatic rings. The highest BCUT2D eigenvalue weighted by Crippen LogP contribution is 2.30. The Hall–Kier alpha value is -2.70. The number of aromatic nitrogens is 3. The van der Waals surface area contributed by atoms with Crippen LogP contribution in [0.4, 0.5) is 0 Å². The third-order valence-corrected chi connectivity index (χ3v) is 5.60. The number of carbonyl (C=O) groups excluding carboxylic acids is 2. The quantitative estimate of drug-likeness (QED) is 0.798. The number of carbonyl (C=O) groups is 2. The van der Waals surface area contributed by atoms with E-state index in [9.17, 15) is 9.59 Å². The van der Waals surface area contributed by atoms with E-state index in [0.29, 0.717) is 24.1 Å². The minimum absolute atomic E-state index is 0.105. The maximum absolute atomic E-state index is 13.1. The minimum Gasteiger partial charge on any atom is -0.352 e. The summed E-state index contributed by atoms with van der Waals surface area (Å²) in [4.78, 5) is 31.4. The van der Waals surface area contributed by atoms with Crippen molar-refractivity contribution in [1.29, 1.82) is 0 Å². The second-order valence-corrected chi connectivity index (χ2v) is 7.77. The molecule has 28 heavy (non-hydrogen) atoms. The van der Waals surface area contributed by atoms with E-state index in [0.717, 1.165) is 56.5 Å². The molecule has 0 aromatic carbocycles. The molecule has 0 bridgehead atoms. The standard InChI is InChI=1S/C21H27N5O2/c1-2-9-25(17-5-6-17)21(28)18-14-24-26-10-7-15(11-19(18)26)12-23-20(27)16-4-3-8-22-13-16/h3-4,8,13-15,17H,2,5-7,9-12H2,1H3,(H,23,27). The van der Waals surface area contributed by atoms with Crippen LogP contribution in [0.2, 0.25) is 0 Å². The van der Waals surface area contributed by atoms with Crippen LogP contribution in [-0.4, -0.2) is 50.6 Å². The van der Waals surface area contributed by atoms with Crippen LogP contribution < -0.4 is 5.32 Å². The maximum Gasteiger partial charge on any atom is 0.257 e. The number of amides is 2. The summed E-state index contributed by atoms with van der Waals surface area (Å²) in [5, 5.41) is 7.46. The molecule has 0 spiro atoms. The number of rotatable bonds is 7. The van der Waals surface area contributed by atoms with E-state index in [1.165, 1.54) is 0 Å². The van der Waals surface area contributed by atoms with E-state index < -0.39 is 0 Å². The molecule has 1 aliphatic heterocycles. The molecule has 1 unspecified atom stereocenters. The Morgan fingerprint density at radius 1 is 1.29 bits per heavy atom. The Labute approximate surface area is 165 Å². The van der Waals surface area contributed by atoms with Crippen LogP contribution in [0.5, 0.6) is 0 Å². The van der Waals surface area contributed by atoms with Crippen molar-refractivity contribution in [2.75, 3.05) is 13.1 Å². The van der Waals surface area contributed by atoms with Crippen molar-refractivity contribution in [3.05, 3.63) is 47.5 Å². The van der Waals surface area contributed by atoms with Crippen LogP contribution in [-0.2, 0) is 13.0 Å². The summed E-state index contributed by atoms with van der Waals surface area (Å²) in [6.07, 6.45) is 9.85. The molecule has 1 atom stereocenters. The van der Waals surface area contributed by atoms with Gasteiger partial charge in [-0.05, 0) is 50.2 Å². The first kappa shape index (κ1) is 18.7. The first-order chi connectivity index (χ1) is 13.7.